The first-order valence-corrected chi connectivity index (χ1v) is 5.89. The summed E-state index contributed by atoms with van der Waals surface area (Å²) in [7, 11) is 0. The number of hydrogen-bond donors (Lipinski definition) is 1. The molecule has 1 nitrogen and oxygen atoms in total. The highest BCUT2D eigenvalue weighted by molar-refractivity contribution is 5.35. The average Bonchev–Trinajstić information content (AvgIpc) is 2.32. The Morgan fingerprint density at radius 1 is 1.31 bits per heavy atom. The summed E-state index contributed by atoms with van der Waals surface area (Å²) in [4.78, 5) is 0. The van der Waals surface area contributed by atoms with Crippen LogP contribution in [0.1, 0.15) is 42.9 Å². The molecule has 0 fully saturated rings. The van der Waals surface area contributed by atoms with Crippen LogP contribution in [-0.2, 0) is 0 Å². The Morgan fingerprint density at radius 3 is 2.81 bits per heavy atom. The number of nitrogens with two attached hydrogens (primary N) is 1. The third kappa shape index (κ3) is 2.33. The van der Waals surface area contributed by atoms with E-state index in [2.05, 4.69) is 6.08 Å². The summed E-state index contributed by atoms with van der Waals surface area (Å²) in [6.07, 6.45) is 6.83. The lowest BCUT2D eigenvalue weighted by molar-refractivity contribution is 0.615. The highest BCUT2D eigenvalue weighted by Gasteiger charge is 2.16. The molecular weight excluding hydrogens is 201 g/mol. The monoisotopic (exact) mass is 219 g/mol. The number of allylic oxidation sites excluding steroid dienone is 1. The zero-order chi connectivity index (χ0) is 11.5. The summed E-state index contributed by atoms with van der Waals surface area (Å²) >= 11 is 0. The van der Waals surface area contributed by atoms with E-state index < -0.39 is 0 Å². The van der Waals surface area contributed by atoms with Crippen molar-refractivity contribution < 1.29 is 4.39 Å². The Morgan fingerprint density at radius 2 is 2.12 bits per heavy atom. The fourth-order valence-electron chi connectivity index (χ4n) is 2.29. The second-order valence-electron chi connectivity index (χ2n) is 4.50. The van der Waals surface area contributed by atoms with Gasteiger partial charge in [0.1, 0.15) is 5.82 Å². The van der Waals surface area contributed by atoms with E-state index in [9.17, 15) is 4.39 Å². The number of benzene rings is 1. The van der Waals surface area contributed by atoms with Crippen molar-refractivity contribution in [3.05, 3.63) is 46.8 Å². The zero-order valence-corrected chi connectivity index (χ0v) is 9.67. The summed E-state index contributed by atoms with van der Waals surface area (Å²) in [6, 6.07) is 4.72. The Kier molecular flexibility index (Phi) is 3.39. The Bertz CT molecular complexity index is 409. The first-order chi connectivity index (χ1) is 7.68. The molecule has 0 aliphatic heterocycles. The van der Waals surface area contributed by atoms with Crippen molar-refractivity contribution in [1.29, 1.82) is 0 Å². The van der Waals surface area contributed by atoms with Crippen LogP contribution >= 0.6 is 0 Å². The number of aryl methyl sites for hydroxylation is 1. The van der Waals surface area contributed by atoms with Gasteiger partial charge in [-0.1, -0.05) is 17.7 Å². The van der Waals surface area contributed by atoms with Crippen LogP contribution in [0.25, 0.3) is 0 Å². The van der Waals surface area contributed by atoms with Crippen molar-refractivity contribution >= 4 is 0 Å². The smallest absolute Gasteiger partial charge is 0.123 e. The summed E-state index contributed by atoms with van der Waals surface area (Å²) in [5.41, 5.74) is 9.46. The molecule has 0 radical (unpaired) electrons. The number of rotatable bonds is 2. The minimum absolute atomic E-state index is 0.129. The van der Waals surface area contributed by atoms with Gasteiger partial charge >= 0.3 is 0 Å². The van der Waals surface area contributed by atoms with E-state index in [1.165, 1.54) is 24.5 Å². The van der Waals surface area contributed by atoms with Crippen LogP contribution in [0.15, 0.2) is 29.8 Å². The topological polar surface area (TPSA) is 26.0 Å². The summed E-state index contributed by atoms with van der Waals surface area (Å²) in [5, 5.41) is 0. The van der Waals surface area contributed by atoms with Crippen LogP contribution in [0.5, 0.6) is 0 Å². The minimum Gasteiger partial charge on any atom is -0.321 e. The van der Waals surface area contributed by atoms with Crippen molar-refractivity contribution in [2.75, 3.05) is 0 Å². The molecule has 2 heteroatoms. The molecule has 0 aromatic heterocycles. The van der Waals surface area contributed by atoms with Gasteiger partial charge < -0.3 is 5.73 Å². The third-order valence-corrected chi connectivity index (χ3v) is 3.30. The highest BCUT2D eigenvalue weighted by Crippen LogP contribution is 2.29. The molecule has 0 bridgehead atoms. The zero-order valence-electron chi connectivity index (χ0n) is 9.67. The van der Waals surface area contributed by atoms with Crippen molar-refractivity contribution in [1.82, 2.24) is 0 Å². The molecule has 1 aromatic carbocycles. The van der Waals surface area contributed by atoms with Gasteiger partial charge in [0.05, 0.1) is 6.04 Å². The lowest BCUT2D eigenvalue weighted by Crippen LogP contribution is -2.16. The highest BCUT2D eigenvalue weighted by atomic mass is 19.1. The van der Waals surface area contributed by atoms with Crippen molar-refractivity contribution in [3.8, 4) is 0 Å². The van der Waals surface area contributed by atoms with E-state index >= 15 is 0 Å². The Balaban J connectivity index is 2.29. The van der Waals surface area contributed by atoms with Gasteiger partial charge in [0.15, 0.2) is 0 Å². The average molecular weight is 219 g/mol. The van der Waals surface area contributed by atoms with E-state index in [1.54, 1.807) is 12.1 Å². The first kappa shape index (κ1) is 11.3. The molecule has 0 saturated carbocycles. The van der Waals surface area contributed by atoms with Crippen LogP contribution in [0, 0.1) is 12.7 Å². The molecule has 1 aromatic rings. The van der Waals surface area contributed by atoms with Crippen molar-refractivity contribution in [3.63, 3.8) is 0 Å². The first-order valence-electron chi connectivity index (χ1n) is 5.89. The Hall–Kier alpha value is -1.15. The van der Waals surface area contributed by atoms with E-state index in [-0.39, 0.29) is 11.9 Å². The van der Waals surface area contributed by atoms with Gasteiger partial charge in [0.25, 0.3) is 0 Å². The largest absolute Gasteiger partial charge is 0.321 e. The SMILES string of the molecule is Cc1ccc(F)cc1C(N)C1=CCCCC1. The van der Waals surface area contributed by atoms with Gasteiger partial charge in [0.2, 0.25) is 0 Å². The summed E-state index contributed by atoms with van der Waals surface area (Å²) in [6.45, 7) is 1.98. The van der Waals surface area contributed by atoms with Gasteiger partial charge in [0, 0.05) is 0 Å². The van der Waals surface area contributed by atoms with Crippen molar-refractivity contribution in [2.24, 2.45) is 5.73 Å². The fraction of sp³-hybridized carbons (Fsp3) is 0.429. The van der Waals surface area contributed by atoms with Crippen LogP contribution < -0.4 is 5.73 Å². The van der Waals surface area contributed by atoms with Gasteiger partial charge in [-0.2, -0.15) is 0 Å². The van der Waals surface area contributed by atoms with Crippen LogP contribution in [0.4, 0.5) is 4.39 Å². The van der Waals surface area contributed by atoms with Gasteiger partial charge in [-0.15, -0.1) is 0 Å². The maximum atomic E-state index is 13.2. The molecule has 2 rings (SSSR count). The standard InChI is InChI=1S/C14H18FN/c1-10-7-8-12(15)9-13(10)14(16)11-5-3-2-4-6-11/h5,7-9,14H,2-4,6,16H2,1H3. The van der Waals surface area contributed by atoms with E-state index in [0.717, 1.165) is 24.0 Å². The molecule has 86 valence electrons. The lowest BCUT2D eigenvalue weighted by atomic mass is 9.88. The molecule has 0 spiro atoms. The van der Waals surface area contributed by atoms with Crippen LogP contribution in [-0.4, -0.2) is 0 Å². The number of hydrogen-bond acceptors (Lipinski definition) is 1. The third-order valence-electron chi connectivity index (χ3n) is 3.30. The molecule has 0 heterocycles. The van der Waals surface area contributed by atoms with Gasteiger partial charge in [-0.3, -0.25) is 0 Å². The maximum absolute atomic E-state index is 13.2. The summed E-state index contributed by atoms with van der Waals surface area (Å²) < 4.78 is 13.2. The maximum Gasteiger partial charge on any atom is 0.123 e. The molecule has 16 heavy (non-hydrogen) atoms. The van der Waals surface area contributed by atoms with E-state index in [1.807, 2.05) is 6.92 Å². The molecular formula is C14H18FN. The van der Waals surface area contributed by atoms with E-state index in [4.69, 9.17) is 5.73 Å². The fourth-order valence-corrected chi connectivity index (χ4v) is 2.29. The van der Waals surface area contributed by atoms with Gasteiger partial charge in [-0.25, -0.2) is 4.39 Å². The molecule has 1 atom stereocenters. The van der Waals surface area contributed by atoms with Gasteiger partial charge in [-0.05, 0) is 55.9 Å². The predicted molar refractivity (Wildman–Crippen MR) is 64.6 cm³/mol. The second-order valence-corrected chi connectivity index (χ2v) is 4.50. The molecule has 1 aliphatic carbocycles. The second kappa shape index (κ2) is 4.79. The lowest BCUT2D eigenvalue weighted by Gasteiger charge is -2.21. The Labute approximate surface area is 96.2 Å². The van der Waals surface area contributed by atoms with Crippen LogP contribution in [0.3, 0.4) is 0 Å². The predicted octanol–water partition coefficient (Wildman–Crippen LogP) is 3.63. The molecule has 1 aliphatic rings. The normalized spacial score (nSPS) is 18.1. The molecule has 2 N–H and O–H groups in total. The van der Waals surface area contributed by atoms with Crippen LogP contribution in [0.2, 0.25) is 0 Å². The van der Waals surface area contributed by atoms with Crippen molar-refractivity contribution in [2.45, 2.75) is 38.6 Å². The summed E-state index contributed by atoms with van der Waals surface area (Å²) in [5.74, 6) is -0.201. The molecule has 1 unspecified atom stereocenters. The quantitative estimate of drug-likeness (QED) is 0.755. The van der Waals surface area contributed by atoms with E-state index in [0.29, 0.717) is 0 Å². The minimum atomic E-state index is -0.201. The number of halogens is 1. The molecule has 0 amide bonds. The molecule has 0 saturated heterocycles.